The Morgan fingerprint density at radius 1 is 1.27 bits per heavy atom. The van der Waals surface area contributed by atoms with Crippen LogP contribution in [0.25, 0.3) is 11.3 Å². The number of nitrogens with one attached hydrogen (secondary N) is 2. The average molecular weight is 450 g/mol. The molecule has 33 heavy (non-hydrogen) atoms. The van der Waals surface area contributed by atoms with Gasteiger partial charge in [0.25, 0.3) is 5.91 Å². The van der Waals surface area contributed by atoms with Crippen molar-refractivity contribution in [1.82, 2.24) is 20.3 Å². The SMILES string of the molecule is COc1cccc(F)c1-c1nccc2c1CN(c1cc(C)nc(N[C@@H]3CNC[C@@H]3O)n1)C2=O. The van der Waals surface area contributed by atoms with E-state index in [0.717, 1.165) is 0 Å². The molecular weight excluding hydrogens is 427 g/mol. The molecule has 0 bridgehead atoms. The molecule has 2 aromatic heterocycles. The van der Waals surface area contributed by atoms with Gasteiger partial charge in [-0.3, -0.25) is 14.7 Å². The fourth-order valence-corrected chi connectivity index (χ4v) is 4.27. The number of hydrogen-bond donors (Lipinski definition) is 3. The quantitative estimate of drug-likeness (QED) is 0.540. The lowest BCUT2D eigenvalue weighted by molar-refractivity contribution is 0.0996. The highest BCUT2D eigenvalue weighted by molar-refractivity contribution is 6.10. The van der Waals surface area contributed by atoms with Crippen LogP contribution in [0.3, 0.4) is 0 Å². The number of hydrogen-bond acceptors (Lipinski definition) is 8. The van der Waals surface area contributed by atoms with Crippen LogP contribution in [0.4, 0.5) is 16.2 Å². The number of ether oxygens (including phenoxy) is 1. The molecule has 2 aliphatic rings. The Morgan fingerprint density at radius 2 is 2.12 bits per heavy atom. The first-order valence-corrected chi connectivity index (χ1v) is 10.6. The molecule has 1 fully saturated rings. The first-order valence-electron chi connectivity index (χ1n) is 10.6. The van der Waals surface area contributed by atoms with E-state index >= 15 is 0 Å². The molecule has 10 heteroatoms. The summed E-state index contributed by atoms with van der Waals surface area (Å²) >= 11 is 0. The van der Waals surface area contributed by atoms with E-state index in [2.05, 4.69) is 25.6 Å². The molecule has 0 radical (unpaired) electrons. The average Bonchev–Trinajstić information content (AvgIpc) is 3.36. The highest BCUT2D eigenvalue weighted by Crippen LogP contribution is 2.38. The summed E-state index contributed by atoms with van der Waals surface area (Å²) in [6, 6.07) is 7.68. The Balaban J connectivity index is 1.51. The Hall–Kier alpha value is -3.63. The van der Waals surface area contributed by atoms with Crippen molar-refractivity contribution in [2.45, 2.75) is 25.6 Å². The zero-order chi connectivity index (χ0) is 23.1. The minimum absolute atomic E-state index is 0.179. The van der Waals surface area contributed by atoms with E-state index in [4.69, 9.17) is 4.74 Å². The van der Waals surface area contributed by atoms with E-state index < -0.39 is 11.9 Å². The number of aliphatic hydroxyl groups excluding tert-OH is 1. The summed E-state index contributed by atoms with van der Waals surface area (Å²) < 4.78 is 20.1. The minimum atomic E-state index is -0.556. The largest absolute Gasteiger partial charge is 0.496 e. The summed E-state index contributed by atoms with van der Waals surface area (Å²) in [5.41, 5.74) is 2.29. The van der Waals surface area contributed by atoms with Crippen molar-refractivity contribution in [3.8, 4) is 17.0 Å². The highest BCUT2D eigenvalue weighted by atomic mass is 19.1. The van der Waals surface area contributed by atoms with Crippen LogP contribution in [0.15, 0.2) is 36.5 Å². The number of rotatable bonds is 5. The van der Waals surface area contributed by atoms with Crippen molar-refractivity contribution in [2.75, 3.05) is 30.4 Å². The lowest BCUT2D eigenvalue weighted by Gasteiger charge is -2.19. The van der Waals surface area contributed by atoms with Crippen molar-refractivity contribution in [2.24, 2.45) is 0 Å². The number of benzene rings is 1. The van der Waals surface area contributed by atoms with E-state index in [1.807, 2.05) is 6.92 Å². The van der Waals surface area contributed by atoms with Crippen molar-refractivity contribution >= 4 is 17.7 Å². The maximum Gasteiger partial charge on any atom is 0.260 e. The van der Waals surface area contributed by atoms with E-state index in [1.165, 1.54) is 24.3 Å². The van der Waals surface area contributed by atoms with Crippen LogP contribution >= 0.6 is 0 Å². The topological polar surface area (TPSA) is 112 Å². The molecule has 1 saturated heterocycles. The normalized spacial score (nSPS) is 19.6. The number of pyridine rings is 1. The van der Waals surface area contributed by atoms with Crippen LogP contribution in [-0.4, -0.2) is 58.3 Å². The van der Waals surface area contributed by atoms with Gasteiger partial charge in [-0.2, -0.15) is 4.98 Å². The predicted octanol–water partition coefficient (Wildman–Crippen LogP) is 1.90. The molecule has 3 aromatic rings. The standard InChI is InChI=1S/C23H23FN6O3/c1-12-8-19(29-23(27-12)28-16-9-25-10-17(16)31)30-11-14-13(22(30)32)6-7-26-21(14)20-15(24)4-3-5-18(20)33-2/h3-8,16-17,25,31H,9-11H2,1-2H3,(H,27,28,29)/t16-,17+/m1/s1. The highest BCUT2D eigenvalue weighted by Gasteiger charge is 2.34. The van der Waals surface area contributed by atoms with E-state index in [-0.39, 0.29) is 24.1 Å². The minimum Gasteiger partial charge on any atom is -0.496 e. The first kappa shape index (κ1) is 21.2. The number of aromatic nitrogens is 3. The van der Waals surface area contributed by atoms with Crippen LogP contribution in [0, 0.1) is 12.7 Å². The third-order valence-corrected chi connectivity index (χ3v) is 5.89. The van der Waals surface area contributed by atoms with E-state index in [0.29, 0.717) is 53.1 Å². The molecule has 1 amide bonds. The molecule has 1 aromatic carbocycles. The third kappa shape index (κ3) is 3.77. The second kappa shape index (κ2) is 8.38. The van der Waals surface area contributed by atoms with Gasteiger partial charge in [-0.15, -0.1) is 0 Å². The van der Waals surface area contributed by atoms with Gasteiger partial charge in [0.05, 0.1) is 37.1 Å². The number of aryl methyl sites for hydroxylation is 1. The Kier molecular flexibility index (Phi) is 5.39. The van der Waals surface area contributed by atoms with Gasteiger partial charge < -0.3 is 20.5 Å². The summed E-state index contributed by atoms with van der Waals surface area (Å²) in [5, 5.41) is 16.3. The molecule has 9 nitrogen and oxygen atoms in total. The van der Waals surface area contributed by atoms with Crippen molar-refractivity contribution in [3.05, 3.63) is 59.2 Å². The lowest BCUT2D eigenvalue weighted by atomic mass is 10.0. The molecule has 2 atom stereocenters. The number of halogens is 1. The number of nitrogens with zero attached hydrogens (tertiary/aromatic N) is 4. The smallest absolute Gasteiger partial charge is 0.260 e. The summed E-state index contributed by atoms with van der Waals surface area (Å²) in [4.78, 5) is 28.1. The molecule has 5 rings (SSSR count). The molecule has 170 valence electrons. The number of amides is 1. The van der Waals surface area contributed by atoms with Gasteiger partial charge >= 0.3 is 0 Å². The third-order valence-electron chi connectivity index (χ3n) is 5.89. The summed E-state index contributed by atoms with van der Waals surface area (Å²) in [6.45, 7) is 3.07. The van der Waals surface area contributed by atoms with E-state index in [9.17, 15) is 14.3 Å². The fourth-order valence-electron chi connectivity index (χ4n) is 4.27. The molecule has 0 aliphatic carbocycles. The predicted molar refractivity (Wildman–Crippen MR) is 120 cm³/mol. The molecule has 4 heterocycles. The number of carbonyl (C=O) groups is 1. The van der Waals surface area contributed by atoms with Crippen molar-refractivity contribution in [1.29, 1.82) is 0 Å². The van der Waals surface area contributed by atoms with Gasteiger partial charge in [-0.1, -0.05) is 6.07 Å². The molecule has 0 unspecified atom stereocenters. The van der Waals surface area contributed by atoms with Gasteiger partial charge in [0.1, 0.15) is 17.4 Å². The Morgan fingerprint density at radius 3 is 2.88 bits per heavy atom. The van der Waals surface area contributed by atoms with E-state index in [1.54, 1.807) is 24.3 Å². The van der Waals surface area contributed by atoms with Gasteiger partial charge in [-0.05, 0) is 25.1 Å². The number of aliphatic hydroxyl groups is 1. The first-order chi connectivity index (χ1) is 16.0. The Labute approximate surface area is 189 Å². The van der Waals surface area contributed by atoms with Crippen LogP contribution in [0.5, 0.6) is 5.75 Å². The molecule has 0 spiro atoms. The fraction of sp³-hybridized carbons (Fsp3) is 0.304. The van der Waals surface area contributed by atoms with Gasteiger partial charge in [-0.25, -0.2) is 9.37 Å². The second-order valence-electron chi connectivity index (χ2n) is 8.06. The lowest BCUT2D eigenvalue weighted by Crippen LogP contribution is -2.33. The number of fused-ring (bicyclic) bond motifs is 1. The van der Waals surface area contributed by atoms with Crippen LogP contribution in [0.2, 0.25) is 0 Å². The van der Waals surface area contributed by atoms with Gasteiger partial charge in [0, 0.05) is 42.2 Å². The maximum atomic E-state index is 14.8. The zero-order valence-electron chi connectivity index (χ0n) is 18.2. The molecular formula is C23H23FN6O3. The van der Waals surface area contributed by atoms with Crippen molar-refractivity contribution in [3.63, 3.8) is 0 Å². The number of carbonyl (C=O) groups excluding carboxylic acids is 1. The van der Waals surface area contributed by atoms with Crippen LogP contribution in [-0.2, 0) is 6.54 Å². The summed E-state index contributed by atoms with van der Waals surface area (Å²) in [5.74, 6) is 0.355. The number of β-amino-alcohol motifs (C(OH)–C–C–N with tert-alkyl or cyclic N) is 1. The number of methoxy groups -OCH3 is 1. The molecule has 3 N–H and O–H groups in total. The van der Waals surface area contributed by atoms with Crippen LogP contribution < -0.4 is 20.3 Å². The number of anilines is 2. The summed E-state index contributed by atoms with van der Waals surface area (Å²) in [7, 11) is 1.47. The van der Waals surface area contributed by atoms with Gasteiger partial charge in [0.15, 0.2) is 0 Å². The molecule has 2 aliphatic heterocycles. The second-order valence-corrected chi connectivity index (χ2v) is 8.06. The maximum absolute atomic E-state index is 14.8. The van der Waals surface area contributed by atoms with Crippen molar-refractivity contribution < 1.29 is 19.0 Å². The van der Waals surface area contributed by atoms with Gasteiger partial charge in [0.2, 0.25) is 5.95 Å². The summed E-state index contributed by atoms with van der Waals surface area (Å²) in [6.07, 6.45) is 0.938. The zero-order valence-corrected chi connectivity index (χ0v) is 18.2. The molecule has 0 saturated carbocycles. The monoisotopic (exact) mass is 450 g/mol. The van der Waals surface area contributed by atoms with Crippen LogP contribution in [0.1, 0.15) is 21.6 Å². The Bertz CT molecular complexity index is 1240.